The summed E-state index contributed by atoms with van der Waals surface area (Å²) in [6, 6.07) is 7.01. The summed E-state index contributed by atoms with van der Waals surface area (Å²) in [7, 11) is 1.44. The Hall–Kier alpha value is -3.08. The topological polar surface area (TPSA) is 75.4 Å². The first-order chi connectivity index (χ1) is 15.8. The Balaban J connectivity index is 0.00000281. The molecule has 0 radical (unpaired) electrons. The van der Waals surface area contributed by atoms with Gasteiger partial charge >= 0.3 is 12.4 Å². The van der Waals surface area contributed by atoms with Crippen molar-refractivity contribution in [1.29, 1.82) is 0 Å². The average Bonchev–Trinajstić information content (AvgIpc) is 2.79. The van der Waals surface area contributed by atoms with Crippen LogP contribution < -0.4 is 11.1 Å². The number of alkyl halides is 6. The van der Waals surface area contributed by atoms with Crippen LogP contribution in [0.1, 0.15) is 40.9 Å². The third-order valence-electron chi connectivity index (χ3n) is 4.64. The van der Waals surface area contributed by atoms with Crippen LogP contribution in [0.15, 0.2) is 48.5 Å². The lowest BCUT2D eigenvalue weighted by Gasteiger charge is -2.21. The molecule has 0 saturated heterocycles. The second-order valence-corrected chi connectivity index (χ2v) is 7.10. The summed E-state index contributed by atoms with van der Waals surface area (Å²) in [6.45, 7) is 4.10. The van der Waals surface area contributed by atoms with Gasteiger partial charge in [-0.1, -0.05) is 26.0 Å². The molecule has 0 aliphatic heterocycles. The number of nitrogens with one attached hydrogen (secondary N) is 1. The second-order valence-electron chi connectivity index (χ2n) is 7.10. The number of benzene rings is 2. The molecule has 2 rings (SSSR count). The van der Waals surface area contributed by atoms with Crippen LogP contribution in [-0.2, 0) is 23.6 Å². The van der Waals surface area contributed by atoms with Gasteiger partial charge in [0.15, 0.2) is 0 Å². The number of nitrogens with two attached hydrogens (primary N) is 1. The number of rotatable bonds is 7. The highest BCUT2D eigenvalue weighted by atomic mass is 19.4. The van der Waals surface area contributed by atoms with Gasteiger partial charge in [-0.25, -0.2) is 0 Å². The van der Waals surface area contributed by atoms with Crippen molar-refractivity contribution in [1.82, 2.24) is 10.2 Å². The van der Waals surface area contributed by atoms with E-state index >= 15 is 0 Å². The van der Waals surface area contributed by atoms with Crippen LogP contribution in [-0.4, -0.2) is 42.9 Å². The van der Waals surface area contributed by atoms with E-state index < -0.39 is 41.3 Å². The first kappa shape index (κ1) is 29.0. The lowest BCUT2D eigenvalue weighted by atomic mass is 10.0. The van der Waals surface area contributed by atoms with Crippen molar-refractivity contribution in [3.05, 3.63) is 70.8 Å². The highest BCUT2D eigenvalue weighted by molar-refractivity contribution is 5.94. The van der Waals surface area contributed by atoms with E-state index in [1.807, 2.05) is 13.8 Å². The fourth-order valence-corrected chi connectivity index (χ4v) is 2.81. The first-order valence-electron chi connectivity index (χ1n) is 10.4. The van der Waals surface area contributed by atoms with Crippen molar-refractivity contribution in [2.45, 2.75) is 38.7 Å². The molecule has 0 fully saturated rings. The van der Waals surface area contributed by atoms with Crippen molar-refractivity contribution < 1.29 is 35.9 Å². The Morgan fingerprint density at radius 2 is 1.32 bits per heavy atom. The zero-order valence-corrected chi connectivity index (χ0v) is 18.9. The summed E-state index contributed by atoms with van der Waals surface area (Å²) in [5.41, 5.74) is 4.67. The number of carbonyl (C=O) groups is 2. The van der Waals surface area contributed by atoms with Crippen LogP contribution >= 0.6 is 0 Å². The number of nitrogens with zero attached hydrogens (tertiary/aromatic N) is 1. The maximum absolute atomic E-state index is 12.6. The number of halogens is 6. The van der Waals surface area contributed by atoms with Crippen LogP contribution in [0.3, 0.4) is 0 Å². The van der Waals surface area contributed by atoms with Crippen LogP contribution in [0, 0.1) is 0 Å². The molecule has 11 heteroatoms. The summed E-state index contributed by atoms with van der Waals surface area (Å²) in [4.78, 5) is 25.6. The molecule has 0 heterocycles. The first-order valence-corrected chi connectivity index (χ1v) is 10.4. The lowest BCUT2D eigenvalue weighted by molar-refractivity contribution is -0.138. The molecule has 0 aliphatic rings. The van der Waals surface area contributed by atoms with Crippen molar-refractivity contribution in [2.24, 2.45) is 5.73 Å². The van der Waals surface area contributed by atoms with Gasteiger partial charge in [0.2, 0.25) is 5.91 Å². The summed E-state index contributed by atoms with van der Waals surface area (Å²) in [6.07, 6.45) is -8.93. The Labute approximate surface area is 193 Å². The predicted octanol–water partition coefficient (Wildman–Crippen LogP) is 4.51. The van der Waals surface area contributed by atoms with Gasteiger partial charge in [0.05, 0.1) is 17.2 Å². The van der Waals surface area contributed by atoms with Gasteiger partial charge in [-0.2, -0.15) is 26.3 Å². The SMILES string of the molecule is CC.CN(CCNC(=O)c1ccc(C(F)(F)F)cc1)C(=O)C(N)Cc1ccc(C(F)(F)F)cc1. The third kappa shape index (κ3) is 8.69. The zero-order chi connectivity index (χ0) is 26.1. The number of hydrogen-bond acceptors (Lipinski definition) is 3. The molecule has 2 aromatic carbocycles. The van der Waals surface area contributed by atoms with Gasteiger partial charge < -0.3 is 16.0 Å². The molecular weight excluding hydrogens is 464 g/mol. The highest BCUT2D eigenvalue weighted by Crippen LogP contribution is 2.30. The number of hydrogen-bond donors (Lipinski definition) is 2. The van der Waals surface area contributed by atoms with Gasteiger partial charge in [-0.15, -0.1) is 0 Å². The van der Waals surface area contributed by atoms with E-state index in [1.54, 1.807) is 0 Å². The number of carbonyl (C=O) groups excluding carboxylic acids is 2. The molecule has 0 aromatic heterocycles. The summed E-state index contributed by atoms with van der Waals surface area (Å²) in [5.74, 6) is -1.08. The van der Waals surface area contributed by atoms with E-state index in [4.69, 9.17) is 5.73 Å². The Kier molecular flexibility index (Phi) is 10.6. The number of likely N-dealkylation sites (N-methyl/N-ethyl adjacent to an activating group) is 1. The minimum atomic E-state index is -4.50. The molecule has 5 nitrogen and oxygen atoms in total. The van der Waals surface area contributed by atoms with Crippen molar-refractivity contribution in [3.63, 3.8) is 0 Å². The minimum absolute atomic E-state index is 0.0229. The van der Waals surface area contributed by atoms with Crippen LogP contribution in [0.4, 0.5) is 26.3 Å². The molecule has 188 valence electrons. The van der Waals surface area contributed by atoms with Gasteiger partial charge in [-0.3, -0.25) is 9.59 Å². The summed E-state index contributed by atoms with van der Waals surface area (Å²) in [5, 5.41) is 2.49. The smallest absolute Gasteiger partial charge is 0.350 e. The van der Waals surface area contributed by atoms with Gasteiger partial charge in [-0.05, 0) is 48.4 Å². The van der Waals surface area contributed by atoms with Crippen LogP contribution in [0.2, 0.25) is 0 Å². The standard InChI is InChI=1S/C21H21F6N3O2.C2H6/c1-30(11-10-29-18(31)14-4-8-16(9-5-14)21(25,26)27)19(32)17(28)12-13-2-6-15(7-3-13)20(22,23)24;1-2/h2-9,17H,10-12,28H2,1H3,(H,29,31);1-2H3. The van der Waals surface area contributed by atoms with E-state index in [-0.39, 0.29) is 25.1 Å². The monoisotopic (exact) mass is 491 g/mol. The lowest BCUT2D eigenvalue weighted by Crippen LogP contribution is -2.45. The van der Waals surface area contributed by atoms with Crippen molar-refractivity contribution in [2.75, 3.05) is 20.1 Å². The van der Waals surface area contributed by atoms with E-state index in [1.165, 1.54) is 24.1 Å². The maximum Gasteiger partial charge on any atom is 0.416 e. The average molecular weight is 491 g/mol. The van der Waals surface area contributed by atoms with Gasteiger partial charge in [0.25, 0.3) is 5.91 Å². The molecule has 1 atom stereocenters. The second kappa shape index (κ2) is 12.4. The number of amides is 2. The minimum Gasteiger partial charge on any atom is -0.350 e. The quantitative estimate of drug-likeness (QED) is 0.560. The fourth-order valence-electron chi connectivity index (χ4n) is 2.81. The van der Waals surface area contributed by atoms with E-state index in [9.17, 15) is 35.9 Å². The Morgan fingerprint density at radius 1 is 0.882 bits per heavy atom. The van der Waals surface area contributed by atoms with Crippen LogP contribution in [0.25, 0.3) is 0 Å². The molecular formula is C23H27F6N3O2. The third-order valence-corrected chi connectivity index (χ3v) is 4.64. The Bertz CT molecular complexity index is 926. The highest BCUT2D eigenvalue weighted by Gasteiger charge is 2.31. The van der Waals surface area contributed by atoms with E-state index in [2.05, 4.69) is 5.32 Å². The molecule has 0 bridgehead atoms. The normalized spacial score (nSPS) is 12.3. The molecule has 0 spiro atoms. The van der Waals surface area contributed by atoms with Crippen molar-refractivity contribution in [3.8, 4) is 0 Å². The van der Waals surface area contributed by atoms with E-state index in [0.717, 1.165) is 36.4 Å². The molecule has 1 unspecified atom stereocenters. The summed E-state index contributed by atoms with van der Waals surface area (Å²) < 4.78 is 75.5. The Morgan fingerprint density at radius 3 is 1.76 bits per heavy atom. The molecule has 2 amide bonds. The molecule has 2 aromatic rings. The maximum atomic E-state index is 12.6. The molecule has 3 N–H and O–H groups in total. The molecule has 0 saturated carbocycles. The zero-order valence-electron chi connectivity index (χ0n) is 18.9. The van der Waals surface area contributed by atoms with Gasteiger partial charge in [0.1, 0.15) is 0 Å². The van der Waals surface area contributed by atoms with Crippen molar-refractivity contribution >= 4 is 11.8 Å². The van der Waals surface area contributed by atoms with Crippen LogP contribution in [0.5, 0.6) is 0 Å². The van der Waals surface area contributed by atoms with E-state index in [0.29, 0.717) is 5.56 Å². The fraction of sp³-hybridized carbons (Fsp3) is 0.391. The van der Waals surface area contributed by atoms with Gasteiger partial charge in [0, 0.05) is 25.7 Å². The predicted molar refractivity (Wildman–Crippen MR) is 116 cm³/mol. The summed E-state index contributed by atoms with van der Waals surface area (Å²) >= 11 is 0. The largest absolute Gasteiger partial charge is 0.416 e. The molecule has 0 aliphatic carbocycles. The molecule has 34 heavy (non-hydrogen) atoms.